The first-order valence-corrected chi connectivity index (χ1v) is 5.70. The number of carboxylic acids is 1. The average Bonchev–Trinajstić information content (AvgIpc) is 2.15. The van der Waals surface area contributed by atoms with Crippen molar-refractivity contribution in [2.75, 3.05) is 0 Å². The maximum Gasteiger partial charge on any atom is 0.300 e. The van der Waals surface area contributed by atoms with Crippen LogP contribution in [0.5, 0.6) is 0 Å². The van der Waals surface area contributed by atoms with Gasteiger partial charge in [-0.15, -0.1) is 0 Å². The van der Waals surface area contributed by atoms with Crippen LogP contribution in [-0.4, -0.2) is 16.2 Å². The van der Waals surface area contributed by atoms with Gasteiger partial charge in [0.1, 0.15) is 0 Å². The van der Waals surface area contributed by atoms with Crippen LogP contribution in [0, 0.1) is 0 Å². The number of aliphatic carboxylic acids is 1. The molecule has 0 atom stereocenters. The lowest BCUT2D eigenvalue weighted by Gasteiger charge is -2.04. The molecule has 0 saturated carbocycles. The van der Waals surface area contributed by atoms with Crippen molar-refractivity contribution in [1.82, 2.24) is 0 Å². The number of aliphatic hydroxyl groups is 1. The zero-order valence-electron chi connectivity index (χ0n) is 9.54. The maximum atomic E-state index is 9.29. The van der Waals surface area contributed by atoms with E-state index in [1.54, 1.807) is 0 Å². The molecule has 0 aliphatic heterocycles. The fraction of sp³-hybridized carbons (Fsp3) is 0.750. The third-order valence-corrected chi connectivity index (χ3v) is 2.27. The summed E-state index contributed by atoms with van der Waals surface area (Å²) < 4.78 is 0. The van der Waals surface area contributed by atoms with Gasteiger partial charge in [-0.25, -0.2) is 0 Å². The van der Waals surface area contributed by atoms with Gasteiger partial charge in [0, 0.05) is 13.3 Å². The molecule has 0 aromatic carbocycles. The van der Waals surface area contributed by atoms with Gasteiger partial charge in [0.2, 0.25) is 0 Å². The summed E-state index contributed by atoms with van der Waals surface area (Å²) in [5, 5.41) is 16.7. The van der Waals surface area contributed by atoms with Crippen LogP contribution in [0.1, 0.15) is 58.3 Å². The highest BCUT2D eigenvalue weighted by Gasteiger charge is 1.97. The molecule has 0 radical (unpaired) electrons. The van der Waals surface area contributed by atoms with Crippen molar-refractivity contribution in [3.63, 3.8) is 0 Å². The molecule has 0 saturated heterocycles. The summed E-state index contributed by atoms with van der Waals surface area (Å²) in [7, 11) is 0. The Balaban J connectivity index is 0.000000423. The Morgan fingerprint density at radius 2 is 1.60 bits per heavy atom. The van der Waals surface area contributed by atoms with Crippen LogP contribution in [0.3, 0.4) is 0 Å². The van der Waals surface area contributed by atoms with E-state index in [-0.39, 0.29) is 0 Å². The molecule has 1 aliphatic carbocycles. The SMILES string of the molecule is CC(=O)O.O/C1=C/CCCCCCCC1. The molecule has 0 aromatic heterocycles. The van der Waals surface area contributed by atoms with E-state index in [0.717, 1.165) is 19.8 Å². The molecule has 1 aliphatic rings. The second kappa shape index (κ2) is 9.56. The molecule has 0 fully saturated rings. The summed E-state index contributed by atoms with van der Waals surface area (Å²) >= 11 is 0. The molecule has 0 spiro atoms. The number of carboxylic acid groups (broad SMARTS) is 1. The van der Waals surface area contributed by atoms with Crippen LogP contribution in [0.4, 0.5) is 0 Å². The molecule has 3 heteroatoms. The minimum absolute atomic E-state index is 0.618. The Kier molecular flexibility index (Phi) is 8.93. The summed E-state index contributed by atoms with van der Waals surface area (Å²) in [6, 6.07) is 0. The monoisotopic (exact) mass is 214 g/mol. The molecule has 3 nitrogen and oxygen atoms in total. The van der Waals surface area contributed by atoms with Crippen molar-refractivity contribution in [3.8, 4) is 0 Å². The van der Waals surface area contributed by atoms with E-state index >= 15 is 0 Å². The molecule has 0 bridgehead atoms. The van der Waals surface area contributed by atoms with Crippen molar-refractivity contribution in [2.45, 2.75) is 58.3 Å². The minimum Gasteiger partial charge on any atom is -0.513 e. The predicted octanol–water partition coefficient (Wildman–Crippen LogP) is 3.65. The summed E-state index contributed by atoms with van der Waals surface area (Å²) in [6.07, 6.45) is 11.8. The highest BCUT2D eigenvalue weighted by atomic mass is 16.4. The quantitative estimate of drug-likeness (QED) is 0.647. The first-order chi connectivity index (χ1) is 7.13. The Bertz CT molecular complexity index is 193. The second-order valence-corrected chi connectivity index (χ2v) is 3.87. The van der Waals surface area contributed by atoms with Gasteiger partial charge < -0.3 is 10.2 Å². The van der Waals surface area contributed by atoms with E-state index in [1.807, 2.05) is 6.08 Å². The zero-order chi connectivity index (χ0) is 11.5. The van der Waals surface area contributed by atoms with Gasteiger partial charge in [0.15, 0.2) is 0 Å². The fourth-order valence-corrected chi connectivity index (χ4v) is 1.53. The van der Waals surface area contributed by atoms with Gasteiger partial charge in [-0.2, -0.15) is 0 Å². The standard InChI is InChI=1S/C10H18O.C2H4O2/c11-10-8-6-4-2-1-3-5-7-9-10;1-2(3)4/h8,11H,1-7,9H2;1H3,(H,3,4)/b10-8+;. The number of hydrogen-bond donors (Lipinski definition) is 2. The molecule has 0 aromatic rings. The molecule has 0 amide bonds. The minimum atomic E-state index is -0.833. The molecule has 1 rings (SSSR count). The van der Waals surface area contributed by atoms with E-state index in [4.69, 9.17) is 9.90 Å². The predicted molar refractivity (Wildman–Crippen MR) is 61.0 cm³/mol. The van der Waals surface area contributed by atoms with Crippen LogP contribution in [0.2, 0.25) is 0 Å². The van der Waals surface area contributed by atoms with Crippen LogP contribution in [-0.2, 0) is 4.79 Å². The number of rotatable bonds is 0. The normalized spacial score (nSPS) is 21.5. The van der Waals surface area contributed by atoms with Crippen molar-refractivity contribution < 1.29 is 15.0 Å². The van der Waals surface area contributed by atoms with Crippen molar-refractivity contribution in [3.05, 3.63) is 11.8 Å². The molecule has 88 valence electrons. The van der Waals surface area contributed by atoms with Crippen molar-refractivity contribution in [1.29, 1.82) is 0 Å². The molecular weight excluding hydrogens is 192 g/mol. The first-order valence-electron chi connectivity index (χ1n) is 5.70. The average molecular weight is 214 g/mol. The third-order valence-electron chi connectivity index (χ3n) is 2.27. The second-order valence-electron chi connectivity index (χ2n) is 3.87. The number of carbonyl (C=O) groups is 1. The van der Waals surface area contributed by atoms with E-state index < -0.39 is 5.97 Å². The molecule has 0 unspecified atom stereocenters. The Labute approximate surface area is 91.8 Å². The lowest BCUT2D eigenvalue weighted by atomic mass is 10.0. The van der Waals surface area contributed by atoms with E-state index in [1.165, 1.54) is 38.5 Å². The zero-order valence-corrected chi connectivity index (χ0v) is 9.54. The van der Waals surface area contributed by atoms with Crippen LogP contribution >= 0.6 is 0 Å². The van der Waals surface area contributed by atoms with Gasteiger partial charge in [0.05, 0.1) is 5.76 Å². The molecule has 2 N–H and O–H groups in total. The number of aliphatic hydroxyl groups excluding tert-OH is 1. The van der Waals surface area contributed by atoms with Gasteiger partial charge in [-0.3, -0.25) is 4.79 Å². The number of allylic oxidation sites excluding steroid dienone is 2. The van der Waals surface area contributed by atoms with Gasteiger partial charge in [-0.05, 0) is 25.3 Å². The van der Waals surface area contributed by atoms with Crippen molar-refractivity contribution in [2.24, 2.45) is 0 Å². The van der Waals surface area contributed by atoms with Crippen LogP contribution in [0.25, 0.3) is 0 Å². The molecule has 0 heterocycles. The summed E-state index contributed by atoms with van der Waals surface area (Å²) in [5.74, 6) is -0.216. The molecule has 15 heavy (non-hydrogen) atoms. The van der Waals surface area contributed by atoms with E-state index in [9.17, 15) is 5.11 Å². The highest BCUT2D eigenvalue weighted by Crippen LogP contribution is 2.14. The van der Waals surface area contributed by atoms with Gasteiger partial charge in [0.25, 0.3) is 5.97 Å². The topological polar surface area (TPSA) is 57.5 Å². The largest absolute Gasteiger partial charge is 0.513 e. The third kappa shape index (κ3) is 13.0. The van der Waals surface area contributed by atoms with Gasteiger partial charge >= 0.3 is 0 Å². The Morgan fingerprint density at radius 3 is 2.20 bits per heavy atom. The maximum absolute atomic E-state index is 9.29. The van der Waals surface area contributed by atoms with E-state index in [0.29, 0.717) is 5.76 Å². The van der Waals surface area contributed by atoms with Crippen molar-refractivity contribution >= 4 is 5.97 Å². The lowest BCUT2D eigenvalue weighted by molar-refractivity contribution is -0.134. The fourth-order valence-electron chi connectivity index (χ4n) is 1.53. The number of hydrogen-bond acceptors (Lipinski definition) is 2. The Hall–Kier alpha value is -0.990. The summed E-state index contributed by atoms with van der Waals surface area (Å²) in [4.78, 5) is 9.00. The van der Waals surface area contributed by atoms with Gasteiger partial charge in [-0.1, -0.05) is 25.7 Å². The first kappa shape index (κ1) is 14.0. The van der Waals surface area contributed by atoms with Crippen LogP contribution < -0.4 is 0 Å². The van der Waals surface area contributed by atoms with Crippen LogP contribution in [0.15, 0.2) is 11.8 Å². The summed E-state index contributed by atoms with van der Waals surface area (Å²) in [6.45, 7) is 1.08. The Morgan fingerprint density at radius 1 is 1.13 bits per heavy atom. The highest BCUT2D eigenvalue weighted by molar-refractivity contribution is 5.62. The molecular formula is C12H22O3. The smallest absolute Gasteiger partial charge is 0.300 e. The summed E-state index contributed by atoms with van der Waals surface area (Å²) in [5.41, 5.74) is 0. The van der Waals surface area contributed by atoms with E-state index in [2.05, 4.69) is 0 Å². The lowest BCUT2D eigenvalue weighted by Crippen LogP contribution is -1.87.